The Hall–Kier alpha value is -1.47. The van der Waals surface area contributed by atoms with Crippen molar-refractivity contribution in [3.63, 3.8) is 0 Å². The lowest BCUT2D eigenvalue weighted by molar-refractivity contribution is -0.275. The van der Waals surface area contributed by atoms with E-state index in [4.69, 9.17) is 9.47 Å². The van der Waals surface area contributed by atoms with E-state index in [9.17, 15) is 13.2 Å². The molecule has 1 aromatic rings. The summed E-state index contributed by atoms with van der Waals surface area (Å²) in [5.74, 6) is -0.257. The quantitative estimate of drug-likeness (QED) is 0.675. The Labute approximate surface area is 122 Å². The smallest absolute Gasteiger partial charge is 0.488 e. The molecule has 0 aliphatic carbocycles. The molecule has 1 rings (SSSR count). The number of hydrogen-bond donors (Lipinski definition) is 1. The lowest BCUT2D eigenvalue weighted by atomic mass is 10.3. The van der Waals surface area contributed by atoms with Crippen molar-refractivity contribution < 1.29 is 27.4 Å². The van der Waals surface area contributed by atoms with E-state index in [1.807, 2.05) is 6.92 Å². The first-order valence-corrected chi connectivity index (χ1v) is 6.79. The topological polar surface area (TPSA) is 39.7 Å². The lowest BCUT2D eigenvalue weighted by Gasteiger charge is -2.14. The maximum absolute atomic E-state index is 12.2. The zero-order valence-corrected chi connectivity index (χ0v) is 11.9. The van der Waals surface area contributed by atoms with Gasteiger partial charge in [0, 0.05) is 19.8 Å². The summed E-state index contributed by atoms with van der Waals surface area (Å²) in [4.78, 5) is 0. The first-order valence-electron chi connectivity index (χ1n) is 6.79. The van der Waals surface area contributed by atoms with Gasteiger partial charge in [0.05, 0.1) is 0 Å². The molecule has 7 heteroatoms. The molecule has 120 valence electrons. The molecule has 0 radical (unpaired) electrons. The lowest BCUT2D eigenvalue weighted by Crippen LogP contribution is -2.23. The van der Waals surface area contributed by atoms with Crippen LogP contribution in [-0.4, -0.2) is 39.3 Å². The van der Waals surface area contributed by atoms with Crippen molar-refractivity contribution in [3.8, 4) is 11.5 Å². The highest BCUT2D eigenvalue weighted by molar-refractivity contribution is 5.39. The largest absolute Gasteiger partial charge is 0.573 e. The Balaban J connectivity index is 2.26. The zero-order valence-electron chi connectivity index (χ0n) is 11.9. The van der Waals surface area contributed by atoms with Crippen LogP contribution in [0.25, 0.3) is 0 Å². The minimum Gasteiger partial charge on any atom is -0.488 e. The van der Waals surface area contributed by atoms with Gasteiger partial charge in [-0.2, -0.15) is 0 Å². The predicted molar refractivity (Wildman–Crippen MR) is 72.6 cm³/mol. The van der Waals surface area contributed by atoms with E-state index in [0.717, 1.165) is 13.0 Å². The highest BCUT2D eigenvalue weighted by Gasteiger charge is 2.32. The monoisotopic (exact) mass is 307 g/mol. The van der Waals surface area contributed by atoms with Crippen LogP contribution in [0.2, 0.25) is 0 Å². The van der Waals surface area contributed by atoms with Crippen LogP contribution in [0.4, 0.5) is 13.2 Å². The van der Waals surface area contributed by atoms with Crippen LogP contribution in [0, 0.1) is 0 Å². The number of nitrogens with one attached hydrogen (secondary N) is 1. The number of ether oxygens (including phenoxy) is 3. The number of halogens is 3. The fourth-order valence-corrected chi connectivity index (χ4v) is 1.58. The number of benzene rings is 1. The number of hydrogen-bond acceptors (Lipinski definition) is 4. The first-order chi connectivity index (χ1) is 10.0. The van der Waals surface area contributed by atoms with Crippen LogP contribution < -0.4 is 14.8 Å². The molecule has 0 amide bonds. The molecule has 0 heterocycles. The molecular weight excluding hydrogens is 287 g/mol. The summed E-state index contributed by atoms with van der Waals surface area (Å²) < 4.78 is 51.0. The van der Waals surface area contributed by atoms with Crippen LogP contribution in [0.15, 0.2) is 24.3 Å². The van der Waals surface area contributed by atoms with Crippen LogP contribution >= 0.6 is 0 Å². The van der Waals surface area contributed by atoms with Crippen molar-refractivity contribution in [2.75, 3.05) is 32.9 Å². The van der Waals surface area contributed by atoms with Crippen LogP contribution in [-0.2, 0) is 4.74 Å². The molecule has 4 nitrogen and oxygen atoms in total. The van der Waals surface area contributed by atoms with Crippen molar-refractivity contribution in [1.82, 2.24) is 5.32 Å². The molecule has 0 bridgehead atoms. The van der Waals surface area contributed by atoms with Crippen molar-refractivity contribution in [3.05, 3.63) is 24.3 Å². The highest BCUT2D eigenvalue weighted by Crippen LogP contribution is 2.31. The van der Waals surface area contributed by atoms with Gasteiger partial charge in [0.2, 0.25) is 0 Å². The molecule has 0 saturated carbocycles. The maximum atomic E-state index is 12.2. The fraction of sp³-hybridized carbons (Fsp3) is 0.571. The minimum absolute atomic E-state index is 0.0749. The SMILES string of the molecule is CCOCCCNCCOc1ccccc1OC(F)(F)F. The summed E-state index contributed by atoms with van der Waals surface area (Å²) in [6.07, 6.45) is -3.85. The van der Waals surface area contributed by atoms with Gasteiger partial charge in [-0.05, 0) is 32.0 Å². The van der Waals surface area contributed by atoms with Crippen molar-refractivity contribution in [2.45, 2.75) is 19.7 Å². The van der Waals surface area contributed by atoms with E-state index in [1.54, 1.807) is 6.07 Å². The Bertz CT molecular complexity index is 399. The van der Waals surface area contributed by atoms with Gasteiger partial charge in [0.1, 0.15) is 6.61 Å². The molecule has 1 N–H and O–H groups in total. The van der Waals surface area contributed by atoms with Crippen molar-refractivity contribution >= 4 is 0 Å². The number of para-hydroxylation sites is 2. The maximum Gasteiger partial charge on any atom is 0.573 e. The molecule has 0 atom stereocenters. The molecule has 0 fully saturated rings. The van der Waals surface area contributed by atoms with E-state index >= 15 is 0 Å². The molecule has 21 heavy (non-hydrogen) atoms. The van der Waals surface area contributed by atoms with Gasteiger partial charge in [0.25, 0.3) is 0 Å². The van der Waals surface area contributed by atoms with Crippen LogP contribution in [0.3, 0.4) is 0 Å². The van der Waals surface area contributed by atoms with Crippen molar-refractivity contribution in [2.24, 2.45) is 0 Å². The minimum atomic E-state index is -4.73. The summed E-state index contributed by atoms with van der Waals surface area (Å²) in [6, 6.07) is 5.71. The summed E-state index contributed by atoms with van der Waals surface area (Å²) in [6.45, 7) is 4.87. The van der Waals surface area contributed by atoms with E-state index < -0.39 is 6.36 Å². The summed E-state index contributed by atoms with van der Waals surface area (Å²) >= 11 is 0. The summed E-state index contributed by atoms with van der Waals surface area (Å²) in [7, 11) is 0. The zero-order chi connectivity index (χ0) is 15.6. The third-order valence-corrected chi connectivity index (χ3v) is 2.46. The Kier molecular flexibility index (Phi) is 7.92. The predicted octanol–water partition coefficient (Wildman–Crippen LogP) is 2.98. The van der Waals surface area contributed by atoms with E-state index in [1.165, 1.54) is 18.2 Å². The van der Waals surface area contributed by atoms with Gasteiger partial charge in [-0.3, -0.25) is 0 Å². The molecule has 0 aliphatic heterocycles. The Morgan fingerprint density at radius 3 is 2.43 bits per heavy atom. The molecule has 0 aromatic heterocycles. The van der Waals surface area contributed by atoms with Gasteiger partial charge in [-0.25, -0.2) is 0 Å². The second-order valence-corrected chi connectivity index (χ2v) is 4.14. The van der Waals surface area contributed by atoms with Gasteiger partial charge < -0.3 is 19.5 Å². The first kappa shape index (κ1) is 17.6. The average Bonchev–Trinajstić information content (AvgIpc) is 2.42. The van der Waals surface area contributed by atoms with Crippen molar-refractivity contribution in [1.29, 1.82) is 0 Å². The van der Waals surface area contributed by atoms with Gasteiger partial charge in [-0.15, -0.1) is 13.2 Å². The number of alkyl halides is 3. The van der Waals surface area contributed by atoms with Gasteiger partial charge in [-0.1, -0.05) is 12.1 Å². The van der Waals surface area contributed by atoms with Crippen LogP contribution in [0.1, 0.15) is 13.3 Å². The third-order valence-electron chi connectivity index (χ3n) is 2.46. The van der Waals surface area contributed by atoms with Gasteiger partial charge in [0.15, 0.2) is 11.5 Å². The standard InChI is InChI=1S/C14H20F3NO3/c1-2-19-10-5-8-18-9-11-20-12-6-3-4-7-13(12)21-14(15,16)17/h3-4,6-7,18H,2,5,8-11H2,1H3. The summed E-state index contributed by atoms with van der Waals surface area (Å²) in [5.41, 5.74) is 0. The van der Waals surface area contributed by atoms with Gasteiger partial charge >= 0.3 is 6.36 Å². The van der Waals surface area contributed by atoms with E-state index in [2.05, 4.69) is 10.1 Å². The molecule has 0 saturated heterocycles. The molecular formula is C14H20F3NO3. The normalized spacial score (nSPS) is 11.4. The summed E-state index contributed by atoms with van der Waals surface area (Å²) in [5, 5.41) is 3.11. The average molecular weight is 307 g/mol. The van der Waals surface area contributed by atoms with Crippen LogP contribution in [0.5, 0.6) is 11.5 Å². The fourth-order valence-electron chi connectivity index (χ4n) is 1.58. The molecule has 0 unspecified atom stereocenters. The molecule has 0 spiro atoms. The second kappa shape index (κ2) is 9.46. The second-order valence-electron chi connectivity index (χ2n) is 4.14. The molecule has 1 aromatic carbocycles. The Morgan fingerprint density at radius 1 is 1.05 bits per heavy atom. The molecule has 0 aliphatic rings. The third kappa shape index (κ3) is 8.41. The van der Waals surface area contributed by atoms with E-state index in [-0.39, 0.29) is 18.1 Å². The number of rotatable bonds is 10. The van der Waals surface area contributed by atoms with E-state index in [0.29, 0.717) is 19.8 Å². The Morgan fingerprint density at radius 2 is 1.76 bits per heavy atom. The highest BCUT2D eigenvalue weighted by atomic mass is 19.4.